The van der Waals surface area contributed by atoms with E-state index in [1.54, 1.807) is 0 Å². The molecular formula is C15H26F3N3. The third-order valence-electron chi connectivity index (χ3n) is 5.75. The highest BCUT2D eigenvalue weighted by Gasteiger charge is 2.51. The first-order chi connectivity index (χ1) is 9.85. The predicted octanol–water partition coefficient (Wildman–Crippen LogP) is 1.94. The largest absolute Gasteiger partial charge is 0.401 e. The van der Waals surface area contributed by atoms with Crippen LogP contribution in [0.25, 0.3) is 0 Å². The Morgan fingerprint density at radius 2 is 1.90 bits per heavy atom. The lowest BCUT2D eigenvalue weighted by molar-refractivity contribution is -0.126. The highest BCUT2D eigenvalue weighted by Crippen LogP contribution is 2.44. The van der Waals surface area contributed by atoms with E-state index in [1.165, 1.54) is 25.9 Å². The maximum atomic E-state index is 12.3. The summed E-state index contributed by atoms with van der Waals surface area (Å²) in [5.41, 5.74) is 0. The van der Waals surface area contributed by atoms with Gasteiger partial charge < -0.3 is 10.2 Å². The van der Waals surface area contributed by atoms with E-state index < -0.39 is 12.7 Å². The van der Waals surface area contributed by atoms with Crippen molar-refractivity contribution in [2.45, 2.75) is 50.5 Å². The molecule has 3 nitrogen and oxygen atoms in total. The molecule has 2 bridgehead atoms. The minimum absolute atomic E-state index is 0.0977. The number of hydrogen-bond acceptors (Lipinski definition) is 3. The van der Waals surface area contributed by atoms with Crippen LogP contribution in [-0.4, -0.2) is 67.3 Å². The third kappa shape index (κ3) is 3.22. The van der Waals surface area contributed by atoms with E-state index in [4.69, 9.17) is 0 Å². The van der Waals surface area contributed by atoms with Crippen LogP contribution in [0.15, 0.2) is 0 Å². The molecule has 0 amide bonds. The van der Waals surface area contributed by atoms with Gasteiger partial charge in [0, 0.05) is 24.7 Å². The first-order valence-corrected chi connectivity index (χ1v) is 8.09. The zero-order chi connectivity index (χ0) is 15.2. The molecule has 4 atom stereocenters. The predicted molar refractivity (Wildman–Crippen MR) is 76.1 cm³/mol. The van der Waals surface area contributed by atoms with Gasteiger partial charge in [-0.3, -0.25) is 4.90 Å². The van der Waals surface area contributed by atoms with Crippen molar-refractivity contribution >= 4 is 0 Å². The van der Waals surface area contributed by atoms with E-state index in [-0.39, 0.29) is 6.04 Å². The molecule has 0 saturated carbocycles. The molecule has 4 aliphatic rings. The molecule has 0 aliphatic carbocycles. The molecule has 0 spiro atoms. The fraction of sp³-hybridized carbons (Fsp3) is 1.00. The number of likely N-dealkylation sites (tertiary alicyclic amines) is 1. The molecule has 0 aromatic rings. The van der Waals surface area contributed by atoms with Gasteiger partial charge in [0.05, 0.1) is 6.54 Å². The Bertz CT molecular complexity index is 366. The fourth-order valence-corrected chi connectivity index (χ4v) is 4.76. The summed E-state index contributed by atoms with van der Waals surface area (Å²) in [7, 11) is 2.14. The zero-order valence-electron chi connectivity index (χ0n) is 12.9. The quantitative estimate of drug-likeness (QED) is 0.856. The molecule has 0 radical (unpaired) electrons. The molecule has 21 heavy (non-hydrogen) atoms. The Balaban J connectivity index is 1.60. The van der Waals surface area contributed by atoms with Crippen molar-refractivity contribution in [2.24, 2.45) is 11.8 Å². The summed E-state index contributed by atoms with van der Waals surface area (Å²) in [6, 6.07) is 0.867. The van der Waals surface area contributed by atoms with Crippen molar-refractivity contribution < 1.29 is 13.2 Å². The van der Waals surface area contributed by atoms with Gasteiger partial charge in [0.2, 0.25) is 0 Å². The second kappa shape index (κ2) is 5.70. The van der Waals surface area contributed by atoms with Gasteiger partial charge in [-0.05, 0) is 58.2 Å². The molecule has 0 aromatic heterocycles. The smallest absolute Gasteiger partial charge is 0.306 e. The highest BCUT2D eigenvalue weighted by atomic mass is 19.4. The zero-order valence-corrected chi connectivity index (χ0v) is 12.9. The molecule has 122 valence electrons. The fourth-order valence-electron chi connectivity index (χ4n) is 4.76. The van der Waals surface area contributed by atoms with E-state index in [1.807, 2.05) is 6.92 Å². The van der Waals surface area contributed by atoms with E-state index in [2.05, 4.69) is 22.2 Å². The lowest BCUT2D eigenvalue weighted by atomic mass is 9.73. The number of fused-ring (bicyclic) bond motifs is 2. The summed E-state index contributed by atoms with van der Waals surface area (Å²) >= 11 is 0. The molecule has 4 rings (SSSR count). The van der Waals surface area contributed by atoms with Crippen LogP contribution in [0.1, 0.15) is 26.2 Å². The number of nitrogens with zero attached hydrogens (tertiary/aromatic N) is 2. The molecular weight excluding hydrogens is 279 g/mol. The summed E-state index contributed by atoms with van der Waals surface area (Å²) in [6.45, 7) is 4.47. The Morgan fingerprint density at radius 1 is 1.24 bits per heavy atom. The molecule has 4 heterocycles. The van der Waals surface area contributed by atoms with Gasteiger partial charge in [-0.2, -0.15) is 13.2 Å². The van der Waals surface area contributed by atoms with Crippen molar-refractivity contribution in [3.05, 3.63) is 0 Å². The monoisotopic (exact) mass is 305 g/mol. The van der Waals surface area contributed by atoms with Crippen LogP contribution in [0, 0.1) is 11.8 Å². The third-order valence-corrected chi connectivity index (χ3v) is 5.75. The van der Waals surface area contributed by atoms with E-state index in [0.717, 1.165) is 24.8 Å². The number of rotatable bonds is 4. The molecule has 4 fully saturated rings. The second-order valence-corrected chi connectivity index (χ2v) is 7.17. The van der Waals surface area contributed by atoms with Gasteiger partial charge in [-0.15, -0.1) is 0 Å². The molecule has 1 N–H and O–H groups in total. The number of hydrogen-bond donors (Lipinski definition) is 1. The van der Waals surface area contributed by atoms with Gasteiger partial charge in [-0.25, -0.2) is 0 Å². The van der Waals surface area contributed by atoms with Crippen LogP contribution in [0.5, 0.6) is 0 Å². The van der Waals surface area contributed by atoms with Crippen molar-refractivity contribution in [1.82, 2.24) is 15.1 Å². The standard InChI is InChI=1S/C15H26F3N3/c1-10(19-9-15(16,17)18)7-13-14-12(8-20(13)2)11-3-5-21(14)6-4-11/h10-14,19H,3-9H2,1-2H3. The summed E-state index contributed by atoms with van der Waals surface area (Å²) < 4.78 is 36.9. The topological polar surface area (TPSA) is 18.5 Å². The van der Waals surface area contributed by atoms with Crippen LogP contribution in [-0.2, 0) is 0 Å². The molecule has 4 saturated heterocycles. The summed E-state index contributed by atoms with van der Waals surface area (Å²) in [5.74, 6) is 1.57. The summed E-state index contributed by atoms with van der Waals surface area (Å²) in [4.78, 5) is 4.98. The Morgan fingerprint density at radius 3 is 2.52 bits per heavy atom. The lowest BCUT2D eigenvalue weighted by Gasteiger charge is -2.50. The summed E-state index contributed by atoms with van der Waals surface area (Å²) in [6.07, 6.45) is -0.698. The van der Waals surface area contributed by atoms with Gasteiger partial charge in [-0.1, -0.05) is 0 Å². The van der Waals surface area contributed by atoms with Crippen LogP contribution >= 0.6 is 0 Å². The lowest BCUT2D eigenvalue weighted by Crippen LogP contribution is -2.57. The van der Waals surface area contributed by atoms with E-state index in [9.17, 15) is 13.2 Å². The SMILES string of the molecule is CC(CC1C2C(CN1C)C1CCN2CC1)NCC(F)(F)F. The van der Waals surface area contributed by atoms with Crippen LogP contribution < -0.4 is 5.32 Å². The van der Waals surface area contributed by atoms with Gasteiger partial charge >= 0.3 is 6.18 Å². The van der Waals surface area contributed by atoms with Gasteiger partial charge in [0.1, 0.15) is 0 Å². The normalized spacial score (nSPS) is 41.3. The van der Waals surface area contributed by atoms with E-state index >= 15 is 0 Å². The number of halogens is 3. The van der Waals surface area contributed by atoms with Crippen molar-refractivity contribution in [1.29, 1.82) is 0 Å². The maximum absolute atomic E-state index is 12.3. The van der Waals surface area contributed by atoms with Gasteiger partial charge in [0.25, 0.3) is 0 Å². The second-order valence-electron chi connectivity index (χ2n) is 7.17. The Hall–Kier alpha value is -0.330. The number of likely N-dealkylation sites (N-methyl/N-ethyl adjacent to an activating group) is 1. The Kier molecular flexibility index (Phi) is 4.23. The van der Waals surface area contributed by atoms with Crippen LogP contribution in [0.4, 0.5) is 13.2 Å². The van der Waals surface area contributed by atoms with Crippen LogP contribution in [0.3, 0.4) is 0 Å². The number of alkyl halides is 3. The summed E-state index contributed by atoms with van der Waals surface area (Å²) in [5, 5.41) is 2.64. The average Bonchev–Trinajstić information content (AvgIpc) is 2.76. The van der Waals surface area contributed by atoms with Crippen LogP contribution in [0.2, 0.25) is 0 Å². The molecule has 4 aliphatic heterocycles. The number of piperidine rings is 3. The molecule has 0 aromatic carbocycles. The average molecular weight is 305 g/mol. The first-order valence-electron chi connectivity index (χ1n) is 8.09. The van der Waals surface area contributed by atoms with Crippen molar-refractivity contribution in [2.75, 3.05) is 33.2 Å². The Labute approximate surface area is 124 Å². The van der Waals surface area contributed by atoms with Crippen molar-refractivity contribution in [3.8, 4) is 0 Å². The molecule has 4 unspecified atom stereocenters. The minimum atomic E-state index is -4.12. The maximum Gasteiger partial charge on any atom is 0.401 e. The first kappa shape index (κ1) is 15.6. The van der Waals surface area contributed by atoms with Crippen molar-refractivity contribution in [3.63, 3.8) is 0 Å². The number of nitrogens with one attached hydrogen (secondary N) is 1. The minimum Gasteiger partial charge on any atom is -0.306 e. The van der Waals surface area contributed by atoms with E-state index in [0.29, 0.717) is 12.1 Å². The van der Waals surface area contributed by atoms with Gasteiger partial charge in [0.15, 0.2) is 0 Å². The molecule has 6 heteroatoms. The highest BCUT2D eigenvalue weighted by molar-refractivity contribution is 5.06.